The van der Waals surface area contributed by atoms with E-state index in [1.807, 2.05) is 31.0 Å². The average molecular weight is 376 g/mol. The lowest BCUT2D eigenvalue weighted by Gasteiger charge is -2.60. The summed E-state index contributed by atoms with van der Waals surface area (Å²) in [6, 6.07) is 0. The summed E-state index contributed by atoms with van der Waals surface area (Å²) in [4.78, 5) is 17.9. The Bertz CT molecular complexity index is 821. The van der Waals surface area contributed by atoms with Crippen LogP contribution in [0, 0.1) is 0 Å². The molecule has 0 aromatic carbocycles. The lowest BCUT2D eigenvalue weighted by molar-refractivity contribution is -0.258. The van der Waals surface area contributed by atoms with Gasteiger partial charge in [-0.2, -0.15) is 0 Å². The second-order valence-electron chi connectivity index (χ2n) is 7.11. The van der Waals surface area contributed by atoms with Crippen molar-refractivity contribution in [3.8, 4) is 0 Å². The number of ether oxygens (including phenoxy) is 1. The van der Waals surface area contributed by atoms with E-state index >= 15 is 0 Å². The monoisotopic (exact) mass is 376 g/mol. The molecule has 5 aliphatic heterocycles. The maximum atomic E-state index is 6.57. The van der Waals surface area contributed by atoms with Crippen LogP contribution in [0.25, 0.3) is 0 Å². The van der Waals surface area contributed by atoms with E-state index in [4.69, 9.17) is 4.74 Å². The zero-order valence-corrected chi connectivity index (χ0v) is 15.7. The first-order chi connectivity index (χ1) is 13.9. The molecule has 5 aliphatic rings. The zero-order chi connectivity index (χ0) is 18.9. The largest absolute Gasteiger partial charge is 0.454 e. The van der Waals surface area contributed by atoms with E-state index in [2.05, 4.69) is 84.8 Å². The topological polar surface area (TPSA) is 46.9 Å². The molecule has 0 saturated carbocycles. The van der Waals surface area contributed by atoms with E-state index in [0.717, 1.165) is 19.5 Å². The maximum absolute atomic E-state index is 6.57. The van der Waals surface area contributed by atoms with Gasteiger partial charge in [-0.3, -0.25) is 14.9 Å². The van der Waals surface area contributed by atoms with Crippen LogP contribution in [0.3, 0.4) is 0 Å². The van der Waals surface area contributed by atoms with E-state index in [1.54, 1.807) is 0 Å². The fourth-order valence-corrected chi connectivity index (χ4v) is 4.55. The number of hydrogen-bond acceptors (Lipinski definition) is 7. The maximum Gasteiger partial charge on any atom is 0.312 e. The first-order valence-corrected chi connectivity index (χ1v) is 9.65. The Morgan fingerprint density at radius 2 is 1.82 bits per heavy atom. The Morgan fingerprint density at radius 1 is 0.857 bits per heavy atom. The Balaban J connectivity index is 1.69. The molecule has 144 valence electrons. The molecule has 0 fully saturated rings. The summed E-state index contributed by atoms with van der Waals surface area (Å²) in [6.45, 7) is 2.89. The first kappa shape index (κ1) is 16.9. The van der Waals surface area contributed by atoms with Crippen molar-refractivity contribution in [1.82, 2.24) is 19.6 Å². The highest BCUT2D eigenvalue weighted by molar-refractivity contribution is 5.71. The highest BCUT2D eigenvalue weighted by Crippen LogP contribution is 2.48. The minimum absolute atomic E-state index is 0.525. The van der Waals surface area contributed by atoms with Crippen molar-refractivity contribution in [2.75, 3.05) is 26.3 Å². The summed E-state index contributed by atoms with van der Waals surface area (Å²) in [6.07, 6.45) is 29.5. The van der Waals surface area contributed by atoms with E-state index < -0.39 is 11.5 Å². The van der Waals surface area contributed by atoms with Gasteiger partial charge >= 0.3 is 5.85 Å². The van der Waals surface area contributed by atoms with Crippen LogP contribution in [0.15, 0.2) is 83.7 Å². The number of hydrogen-bond donors (Lipinski definition) is 0. The number of allylic oxidation sites excluding steroid dienone is 3. The molecule has 0 aromatic rings. The molecule has 5 rings (SSSR count). The molecule has 0 aromatic heterocycles. The van der Waals surface area contributed by atoms with Crippen LogP contribution >= 0.6 is 0 Å². The molecule has 5 heterocycles. The van der Waals surface area contributed by atoms with E-state index in [9.17, 15) is 0 Å². The van der Waals surface area contributed by atoms with Crippen LogP contribution in [0.2, 0.25) is 0 Å². The Labute approximate surface area is 165 Å². The molecule has 2 atom stereocenters. The Kier molecular flexibility index (Phi) is 4.07. The normalized spacial score (nSPS) is 32.9. The summed E-state index contributed by atoms with van der Waals surface area (Å²) in [5.41, 5.74) is -0.588. The minimum atomic E-state index is -0.827. The van der Waals surface area contributed by atoms with Crippen molar-refractivity contribution in [2.24, 2.45) is 9.98 Å². The molecule has 0 spiro atoms. The van der Waals surface area contributed by atoms with Gasteiger partial charge in [-0.25, -0.2) is 0 Å². The fourth-order valence-electron chi connectivity index (χ4n) is 4.55. The zero-order valence-electron chi connectivity index (χ0n) is 15.7. The van der Waals surface area contributed by atoms with Gasteiger partial charge in [0.25, 0.3) is 0 Å². The molecule has 7 nitrogen and oxygen atoms in total. The predicted molar refractivity (Wildman–Crippen MR) is 110 cm³/mol. The van der Waals surface area contributed by atoms with Gasteiger partial charge in [0.2, 0.25) is 5.66 Å². The van der Waals surface area contributed by atoms with Crippen LogP contribution in [-0.2, 0) is 4.74 Å². The van der Waals surface area contributed by atoms with Gasteiger partial charge in [0.1, 0.15) is 6.67 Å². The van der Waals surface area contributed by atoms with Gasteiger partial charge in [0.05, 0.1) is 12.8 Å². The van der Waals surface area contributed by atoms with Crippen molar-refractivity contribution in [3.05, 3.63) is 73.7 Å². The predicted octanol–water partition coefficient (Wildman–Crippen LogP) is 2.20. The molecule has 0 N–H and O–H groups in total. The second-order valence-corrected chi connectivity index (χ2v) is 7.11. The van der Waals surface area contributed by atoms with Gasteiger partial charge < -0.3 is 19.4 Å². The van der Waals surface area contributed by atoms with Gasteiger partial charge in [-0.1, -0.05) is 18.2 Å². The van der Waals surface area contributed by atoms with Crippen LogP contribution < -0.4 is 0 Å². The molecule has 2 unspecified atom stereocenters. The van der Waals surface area contributed by atoms with E-state index in [0.29, 0.717) is 13.2 Å². The SMILES string of the molecule is C1=CCN(C2(N3C=CC=NC3)OC=CC2(N2C=CN=CC2)N2C=CCC2)C=C1. The molecular weight excluding hydrogens is 352 g/mol. The fraction of sp³-hybridized carbons (Fsp3) is 0.333. The third-order valence-corrected chi connectivity index (χ3v) is 5.71. The quantitative estimate of drug-likeness (QED) is 0.753. The Morgan fingerprint density at radius 3 is 2.54 bits per heavy atom. The number of aliphatic imine (C=N–C) groups is 2. The van der Waals surface area contributed by atoms with Gasteiger partial charge in [-0.15, -0.1) is 0 Å². The van der Waals surface area contributed by atoms with Gasteiger partial charge in [0.15, 0.2) is 0 Å². The van der Waals surface area contributed by atoms with Crippen molar-refractivity contribution >= 4 is 12.4 Å². The molecule has 0 saturated heterocycles. The van der Waals surface area contributed by atoms with Crippen LogP contribution in [0.5, 0.6) is 0 Å². The standard InChI is InChI=1S/C21H24N6O/c1-2-13-26(14-3-1)21(27-15-6-8-23-19-27)20(7-18-28-21,24-11-4-5-12-24)25-16-9-22-10-17-25/h1-4,6-11,13,15-16,18H,5,12,14,17,19H2. The third-order valence-electron chi connectivity index (χ3n) is 5.71. The van der Waals surface area contributed by atoms with Gasteiger partial charge in [-0.05, 0) is 24.8 Å². The summed E-state index contributed by atoms with van der Waals surface area (Å²) < 4.78 is 6.57. The summed E-state index contributed by atoms with van der Waals surface area (Å²) in [5.74, 6) is -0.827. The summed E-state index contributed by atoms with van der Waals surface area (Å²) in [7, 11) is 0. The second kappa shape index (κ2) is 6.74. The van der Waals surface area contributed by atoms with Crippen molar-refractivity contribution in [1.29, 1.82) is 0 Å². The van der Waals surface area contributed by atoms with E-state index in [1.165, 1.54) is 0 Å². The van der Waals surface area contributed by atoms with Crippen LogP contribution in [0.1, 0.15) is 6.42 Å². The summed E-state index contributed by atoms with van der Waals surface area (Å²) in [5, 5.41) is 0. The highest BCUT2D eigenvalue weighted by Gasteiger charge is 2.67. The third kappa shape index (κ3) is 2.28. The Hall–Kier alpha value is -3.22. The average Bonchev–Trinajstić information content (AvgIpc) is 3.45. The van der Waals surface area contributed by atoms with Crippen molar-refractivity contribution in [2.45, 2.75) is 17.9 Å². The minimum Gasteiger partial charge on any atom is -0.454 e. The smallest absolute Gasteiger partial charge is 0.312 e. The molecular formula is C21H24N6O. The first-order valence-electron chi connectivity index (χ1n) is 9.65. The lowest BCUT2D eigenvalue weighted by Crippen LogP contribution is -2.78. The molecule has 0 aliphatic carbocycles. The number of nitrogens with zero attached hydrogens (tertiary/aromatic N) is 6. The molecule has 0 radical (unpaired) electrons. The molecule has 0 bridgehead atoms. The molecule has 7 heteroatoms. The van der Waals surface area contributed by atoms with Crippen LogP contribution in [-0.4, -0.2) is 69.8 Å². The van der Waals surface area contributed by atoms with Crippen molar-refractivity contribution in [3.63, 3.8) is 0 Å². The lowest BCUT2D eigenvalue weighted by atomic mass is 9.96. The summed E-state index contributed by atoms with van der Waals surface area (Å²) >= 11 is 0. The number of rotatable bonds is 4. The molecule has 0 amide bonds. The van der Waals surface area contributed by atoms with E-state index in [-0.39, 0.29) is 0 Å². The molecule has 28 heavy (non-hydrogen) atoms. The van der Waals surface area contributed by atoms with Gasteiger partial charge in [0, 0.05) is 56.4 Å². The van der Waals surface area contributed by atoms with Crippen molar-refractivity contribution < 1.29 is 4.74 Å². The highest BCUT2D eigenvalue weighted by atomic mass is 16.5. The van der Waals surface area contributed by atoms with Crippen LogP contribution in [0.4, 0.5) is 0 Å².